The number of carbonyl (C=O) groups is 3. The third-order valence-corrected chi connectivity index (χ3v) is 3.82. The maximum absolute atomic E-state index is 12.3. The molecule has 2 aliphatic rings. The number of aliphatic carboxylic acids is 1. The molecule has 1 fully saturated rings. The summed E-state index contributed by atoms with van der Waals surface area (Å²) in [6.45, 7) is 3.71. The number of carbonyl (C=O) groups excluding carboxylic acids is 3. The van der Waals surface area contributed by atoms with Gasteiger partial charge in [-0.1, -0.05) is 26.0 Å². The van der Waals surface area contributed by atoms with E-state index in [-0.39, 0.29) is 36.0 Å². The van der Waals surface area contributed by atoms with Crippen LogP contribution < -0.4 is 5.11 Å². The van der Waals surface area contributed by atoms with Crippen molar-refractivity contribution in [2.75, 3.05) is 0 Å². The van der Waals surface area contributed by atoms with Crippen LogP contribution in [0.5, 0.6) is 0 Å². The summed E-state index contributed by atoms with van der Waals surface area (Å²) in [6, 6.07) is -1.13. The number of allylic oxidation sites excluding steroid dienone is 2. The Morgan fingerprint density at radius 3 is 2.11 bits per heavy atom. The zero-order valence-corrected chi connectivity index (χ0v) is 11.2. The van der Waals surface area contributed by atoms with Gasteiger partial charge in [-0.25, -0.2) is 0 Å². The average molecular weight is 264 g/mol. The van der Waals surface area contributed by atoms with Gasteiger partial charge >= 0.3 is 0 Å². The number of imide groups is 1. The molecule has 0 spiro atoms. The van der Waals surface area contributed by atoms with Gasteiger partial charge in [0.1, 0.15) is 0 Å². The Labute approximate surface area is 112 Å². The number of fused-ring (bicyclic) bond motifs is 1. The summed E-state index contributed by atoms with van der Waals surface area (Å²) >= 11 is 0. The monoisotopic (exact) mass is 264 g/mol. The summed E-state index contributed by atoms with van der Waals surface area (Å²) in [4.78, 5) is 36.7. The summed E-state index contributed by atoms with van der Waals surface area (Å²) in [5.74, 6) is -2.74. The fourth-order valence-electron chi connectivity index (χ4n) is 2.89. The van der Waals surface area contributed by atoms with E-state index in [0.717, 1.165) is 4.90 Å². The Morgan fingerprint density at radius 1 is 1.26 bits per heavy atom. The Balaban J connectivity index is 2.26. The van der Waals surface area contributed by atoms with E-state index < -0.39 is 12.0 Å². The first-order chi connectivity index (χ1) is 8.93. The van der Waals surface area contributed by atoms with Crippen LogP contribution in [-0.4, -0.2) is 28.7 Å². The highest BCUT2D eigenvalue weighted by atomic mass is 16.4. The van der Waals surface area contributed by atoms with Crippen molar-refractivity contribution in [3.63, 3.8) is 0 Å². The second-order valence-corrected chi connectivity index (χ2v) is 5.67. The normalized spacial score (nSPS) is 27.8. The van der Waals surface area contributed by atoms with Crippen LogP contribution in [0.15, 0.2) is 12.2 Å². The van der Waals surface area contributed by atoms with Crippen molar-refractivity contribution in [2.24, 2.45) is 17.8 Å². The topological polar surface area (TPSA) is 77.5 Å². The lowest BCUT2D eigenvalue weighted by Crippen LogP contribution is -2.51. The Hall–Kier alpha value is -1.65. The predicted octanol–water partition coefficient (Wildman–Crippen LogP) is 0.102. The van der Waals surface area contributed by atoms with Crippen LogP contribution in [0.3, 0.4) is 0 Å². The molecule has 0 aromatic rings. The van der Waals surface area contributed by atoms with Crippen LogP contribution in [0.25, 0.3) is 0 Å². The van der Waals surface area contributed by atoms with Crippen molar-refractivity contribution < 1.29 is 19.5 Å². The summed E-state index contributed by atoms with van der Waals surface area (Å²) in [5, 5.41) is 11.2. The number of rotatable bonds is 4. The van der Waals surface area contributed by atoms with Gasteiger partial charge in [0.25, 0.3) is 0 Å². The molecule has 1 aliphatic heterocycles. The number of nitrogens with zero attached hydrogens (tertiary/aromatic N) is 1. The minimum Gasteiger partial charge on any atom is -0.548 e. The quantitative estimate of drug-likeness (QED) is 0.533. The third-order valence-electron chi connectivity index (χ3n) is 3.82. The molecule has 0 unspecified atom stereocenters. The third kappa shape index (κ3) is 2.41. The van der Waals surface area contributed by atoms with Gasteiger partial charge in [0, 0.05) is 0 Å². The molecule has 3 atom stereocenters. The van der Waals surface area contributed by atoms with Gasteiger partial charge in [-0.15, -0.1) is 0 Å². The van der Waals surface area contributed by atoms with E-state index in [1.165, 1.54) is 0 Å². The second-order valence-electron chi connectivity index (χ2n) is 5.67. The number of amides is 2. The fraction of sp³-hybridized carbons (Fsp3) is 0.643. The number of carboxylic acids is 1. The summed E-state index contributed by atoms with van der Waals surface area (Å²) in [7, 11) is 0. The van der Waals surface area contributed by atoms with Crippen molar-refractivity contribution in [3.8, 4) is 0 Å². The van der Waals surface area contributed by atoms with Crippen molar-refractivity contribution in [1.82, 2.24) is 4.90 Å². The van der Waals surface area contributed by atoms with E-state index in [0.29, 0.717) is 12.8 Å². The maximum Gasteiger partial charge on any atom is 0.234 e. The number of hydrogen-bond acceptors (Lipinski definition) is 4. The van der Waals surface area contributed by atoms with Gasteiger partial charge in [-0.05, 0) is 25.2 Å². The van der Waals surface area contributed by atoms with E-state index in [4.69, 9.17) is 0 Å². The first kappa shape index (κ1) is 13.8. The summed E-state index contributed by atoms with van der Waals surface area (Å²) in [6.07, 6.45) is 5.05. The highest BCUT2D eigenvalue weighted by molar-refractivity contribution is 6.07. The average Bonchev–Trinajstić information content (AvgIpc) is 2.60. The second kappa shape index (κ2) is 5.15. The Morgan fingerprint density at radius 2 is 1.74 bits per heavy atom. The molecule has 5 nitrogen and oxygen atoms in total. The molecule has 5 heteroatoms. The molecule has 1 saturated heterocycles. The van der Waals surface area contributed by atoms with Gasteiger partial charge in [0.05, 0.1) is 23.8 Å². The first-order valence-electron chi connectivity index (χ1n) is 6.66. The zero-order valence-electron chi connectivity index (χ0n) is 11.2. The van der Waals surface area contributed by atoms with E-state index in [1.54, 1.807) is 0 Å². The number of carboxylic acid groups (broad SMARTS) is 1. The first-order valence-corrected chi connectivity index (χ1v) is 6.66. The van der Waals surface area contributed by atoms with E-state index in [2.05, 4.69) is 0 Å². The lowest BCUT2D eigenvalue weighted by molar-refractivity contribution is -0.311. The van der Waals surface area contributed by atoms with Gasteiger partial charge in [0.2, 0.25) is 11.8 Å². The van der Waals surface area contributed by atoms with Crippen LogP contribution >= 0.6 is 0 Å². The highest BCUT2D eigenvalue weighted by Crippen LogP contribution is 2.36. The molecule has 19 heavy (non-hydrogen) atoms. The molecule has 1 heterocycles. The molecule has 0 N–H and O–H groups in total. The molecule has 104 valence electrons. The van der Waals surface area contributed by atoms with E-state index in [1.807, 2.05) is 26.0 Å². The molecular weight excluding hydrogens is 246 g/mol. The van der Waals surface area contributed by atoms with Gasteiger partial charge < -0.3 is 9.90 Å². The zero-order chi connectivity index (χ0) is 14.2. The molecule has 2 rings (SSSR count). The van der Waals surface area contributed by atoms with Crippen LogP contribution in [0.1, 0.15) is 33.1 Å². The van der Waals surface area contributed by atoms with Gasteiger partial charge in [-0.3, -0.25) is 14.5 Å². The Kier molecular flexibility index (Phi) is 3.73. The van der Waals surface area contributed by atoms with Crippen molar-refractivity contribution in [1.29, 1.82) is 0 Å². The van der Waals surface area contributed by atoms with E-state index >= 15 is 0 Å². The predicted molar refractivity (Wildman–Crippen MR) is 65.5 cm³/mol. The molecule has 0 bridgehead atoms. The molecule has 0 aromatic carbocycles. The van der Waals surface area contributed by atoms with Crippen molar-refractivity contribution in [3.05, 3.63) is 12.2 Å². The van der Waals surface area contributed by atoms with Crippen molar-refractivity contribution in [2.45, 2.75) is 39.2 Å². The SMILES string of the molecule is CC(C)C[C@@H](C(=O)[O-])N1C(=O)[C@H]2CC=CC[C@@H]2C1=O. The summed E-state index contributed by atoms with van der Waals surface area (Å²) in [5.41, 5.74) is 0. The van der Waals surface area contributed by atoms with Crippen LogP contribution in [-0.2, 0) is 14.4 Å². The highest BCUT2D eigenvalue weighted by Gasteiger charge is 2.49. The van der Waals surface area contributed by atoms with Crippen molar-refractivity contribution >= 4 is 17.8 Å². The van der Waals surface area contributed by atoms with Crippen LogP contribution in [0.4, 0.5) is 0 Å². The van der Waals surface area contributed by atoms with Crippen LogP contribution in [0.2, 0.25) is 0 Å². The summed E-state index contributed by atoms with van der Waals surface area (Å²) < 4.78 is 0. The minimum atomic E-state index is -1.35. The minimum absolute atomic E-state index is 0.0734. The number of likely N-dealkylation sites (tertiary alicyclic amines) is 1. The largest absolute Gasteiger partial charge is 0.548 e. The smallest absolute Gasteiger partial charge is 0.234 e. The van der Waals surface area contributed by atoms with Gasteiger partial charge in [-0.2, -0.15) is 0 Å². The van der Waals surface area contributed by atoms with E-state index in [9.17, 15) is 19.5 Å². The molecule has 0 aromatic heterocycles. The lowest BCUT2D eigenvalue weighted by atomic mass is 9.85. The molecule has 1 aliphatic carbocycles. The Bertz CT molecular complexity index is 415. The number of hydrogen-bond donors (Lipinski definition) is 0. The standard InChI is InChI=1S/C14H19NO4/c1-8(2)7-11(14(18)19)15-12(16)9-5-3-4-6-10(9)13(15)17/h3-4,8-11H,5-7H2,1-2H3,(H,18,19)/p-1/t9-,10-,11-/m0/s1. The molecule has 2 amide bonds. The van der Waals surface area contributed by atoms with Gasteiger partial charge in [0.15, 0.2) is 0 Å². The molecule has 0 saturated carbocycles. The fourth-order valence-corrected chi connectivity index (χ4v) is 2.89. The molecular formula is C14H18NO4-. The lowest BCUT2D eigenvalue weighted by Gasteiger charge is -2.28. The maximum atomic E-state index is 12.3. The molecule has 0 radical (unpaired) electrons. The van der Waals surface area contributed by atoms with Crippen LogP contribution in [0, 0.1) is 17.8 Å².